The molecule has 0 rings (SSSR count). The van der Waals surface area contributed by atoms with Gasteiger partial charge >= 0.3 is 11.9 Å². The molecular formula is C7H9NO7. The average molecular weight is 219 g/mol. The van der Waals surface area contributed by atoms with Crippen molar-refractivity contribution >= 4 is 23.6 Å². The highest BCUT2D eigenvalue weighted by Gasteiger charge is 2.36. The molecular weight excluding hydrogens is 210 g/mol. The van der Waals surface area contributed by atoms with Crippen molar-refractivity contribution in [2.45, 2.75) is 19.1 Å². The molecule has 4 N–H and O–H groups in total. The summed E-state index contributed by atoms with van der Waals surface area (Å²) in [5.74, 6) is -6.16. The summed E-state index contributed by atoms with van der Waals surface area (Å²) in [6.45, 7) is 0.955. The van der Waals surface area contributed by atoms with E-state index in [1.165, 1.54) is 0 Å². The second-order valence-corrected chi connectivity index (χ2v) is 2.63. The number of carboxylic acid groups (broad SMARTS) is 2. The summed E-state index contributed by atoms with van der Waals surface area (Å²) in [6.07, 6.45) is -2.29. The zero-order chi connectivity index (χ0) is 12.2. The topological polar surface area (TPSA) is 141 Å². The van der Waals surface area contributed by atoms with Crippen LogP contribution in [-0.2, 0) is 19.2 Å². The highest BCUT2D eigenvalue weighted by atomic mass is 16.4. The maximum atomic E-state index is 10.9. The Morgan fingerprint density at radius 1 is 1.13 bits per heavy atom. The van der Waals surface area contributed by atoms with Crippen LogP contribution in [0.1, 0.15) is 6.92 Å². The van der Waals surface area contributed by atoms with Gasteiger partial charge < -0.3 is 20.6 Å². The fourth-order valence-corrected chi connectivity index (χ4v) is 0.782. The number of carbonyl (C=O) groups is 4. The molecule has 0 heterocycles. The summed E-state index contributed by atoms with van der Waals surface area (Å²) in [5.41, 5.74) is 0. The molecule has 0 aromatic carbocycles. The molecule has 1 amide bonds. The van der Waals surface area contributed by atoms with Crippen molar-refractivity contribution in [3.63, 3.8) is 0 Å². The SMILES string of the molecule is CC(=O)NC(C(=O)C(=O)O)C(O)C(=O)O. The molecule has 0 aromatic heterocycles. The lowest BCUT2D eigenvalue weighted by atomic mass is 10.1. The van der Waals surface area contributed by atoms with Crippen molar-refractivity contribution in [3.8, 4) is 0 Å². The van der Waals surface area contributed by atoms with Crippen LogP contribution in [0.15, 0.2) is 0 Å². The minimum atomic E-state index is -2.29. The quantitative estimate of drug-likeness (QED) is 0.377. The smallest absolute Gasteiger partial charge is 0.374 e. The van der Waals surface area contributed by atoms with Crippen LogP contribution in [0.25, 0.3) is 0 Å². The Hall–Kier alpha value is -1.96. The van der Waals surface area contributed by atoms with Gasteiger partial charge in [-0.2, -0.15) is 0 Å². The third-order valence-corrected chi connectivity index (χ3v) is 1.42. The largest absolute Gasteiger partial charge is 0.479 e. The molecule has 8 nitrogen and oxygen atoms in total. The molecule has 0 aromatic rings. The first-order valence-corrected chi connectivity index (χ1v) is 3.72. The van der Waals surface area contributed by atoms with Crippen LogP contribution < -0.4 is 5.32 Å². The lowest BCUT2D eigenvalue weighted by Gasteiger charge is -2.17. The Balaban J connectivity index is 4.87. The predicted octanol–water partition coefficient (Wildman–Crippen LogP) is -2.41. The lowest BCUT2D eigenvalue weighted by Crippen LogP contribution is -2.53. The molecule has 2 unspecified atom stereocenters. The number of aliphatic hydroxyl groups excluding tert-OH is 1. The second-order valence-electron chi connectivity index (χ2n) is 2.63. The van der Waals surface area contributed by atoms with E-state index < -0.39 is 35.8 Å². The zero-order valence-electron chi connectivity index (χ0n) is 7.63. The molecule has 0 aliphatic heterocycles. The van der Waals surface area contributed by atoms with E-state index in [4.69, 9.17) is 15.3 Å². The Morgan fingerprint density at radius 3 is 1.87 bits per heavy atom. The van der Waals surface area contributed by atoms with Gasteiger partial charge in [0.15, 0.2) is 6.10 Å². The number of carboxylic acids is 2. The number of aliphatic hydroxyl groups is 1. The summed E-state index contributed by atoms with van der Waals surface area (Å²) in [5, 5.41) is 27.3. The van der Waals surface area contributed by atoms with E-state index in [-0.39, 0.29) is 0 Å². The Bertz CT molecular complexity index is 310. The van der Waals surface area contributed by atoms with Crippen molar-refractivity contribution in [2.75, 3.05) is 0 Å². The molecule has 2 atom stereocenters. The van der Waals surface area contributed by atoms with Gasteiger partial charge in [-0.3, -0.25) is 9.59 Å². The Labute approximate surface area is 83.5 Å². The predicted molar refractivity (Wildman–Crippen MR) is 43.9 cm³/mol. The standard InChI is InChI=1S/C7H9NO7/c1-2(9)8-3(4(10)6(12)13)5(11)7(14)15/h3-4,10H,1H3,(H,8,9)(H,12,13)(H,14,15). The summed E-state index contributed by atoms with van der Waals surface area (Å²) >= 11 is 0. The highest BCUT2D eigenvalue weighted by molar-refractivity contribution is 6.35. The van der Waals surface area contributed by atoms with Crippen molar-refractivity contribution in [2.24, 2.45) is 0 Å². The number of amides is 1. The number of hydrogen-bond donors (Lipinski definition) is 4. The van der Waals surface area contributed by atoms with E-state index in [1.54, 1.807) is 5.32 Å². The average Bonchev–Trinajstić information content (AvgIpc) is 2.11. The summed E-state index contributed by atoms with van der Waals surface area (Å²) in [7, 11) is 0. The molecule has 0 saturated heterocycles. The van der Waals surface area contributed by atoms with Gasteiger partial charge in [0.25, 0.3) is 5.78 Å². The van der Waals surface area contributed by atoms with E-state index in [0.717, 1.165) is 6.92 Å². The zero-order valence-corrected chi connectivity index (χ0v) is 7.63. The first-order valence-electron chi connectivity index (χ1n) is 3.72. The number of rotatable bonds is 5. The van der Waals surface area contributed by atoms with Gasteiger partial charge in [0.1, 0.15) is 6.04 Å². The maximum absolute atomic E-state index is 10.9. The van der Waals surface area contributed by atoms with Crippen LogP contribution in [-0.4, -0.2) is 51.1 Å². The molecule has 84 valence electrons. The normalized spacial score (nSPS) is 13.7. The monoisotopic (exact) mass is 219 g/mol. The van der Waals surface area contributed by atoms with E-state index in [9.17, 15) is 19.2 Å². The minimum absolute atomic E-state index is 0.824. The molecule has 15 heavy (non-hydrogen) atoms. The van der Waals surface area contributed by atoms with Gasteiger partial charge in [-0.05, 0) is 0 Å². The van der Waals surface area contributed by atoms with Crippen LogP contribution in [0.4, 0.5) is 0 Å². The van der Waals surface area contributed by atoms with Crippen molar-refractivity contribution in [3.05, 3.63) is 0 Å². The second kappa shape index (κ2) is 5.05. The molecule has 0 saturated carbocycles. The molecule has 8 heteroatoms. The van der Waals surface area contributed by atoms with Gasteiger partial charge in [-0.25, -0.2) is 9.59 Å². The number of hydrogen-bond acceptors (Lipinski definition) is 5. The van der Waals surface area contributed by atoms with Crippen molar-refractivity contribution in [1.29, 1.82) is 0 Å². The minimum Gasteiger partial charge on any atom is -0.479 e. The number of carbonyl (C=O) groups excluding carboxylic acids is 2. The van der Waals surface area contributed by atoms with Gasteiger partial charge in [0.05, 0.1) is 0 Å². The first kappa shape index (κ1) is 13.0. The van der Waals surface area contributed by atoms with Gasteiger partial charge in [-0.15, -0.1) is 0 Å². The van der Waals surface area contributed by atoms with Gasteiger partial charge in [0.2, 0.25) is 5.91 Å². The molecule has 0 aliphatic rings. The highest BCUT2D eigenvalue weighted by Crippen LogP contribution is 1.97. The van der Waals surface area contributed by atoms with E-state index >= 15 is 0 Å². The summed E-state index contributed by atoms with van der Waals surface area (Å²) in [6, 6.07) is -1.99. The fraction of sp³-hybridized carbons (Fsp3) is 0.429. The molecule has 0 spiro atoms. The number of Topliss-reactive ketones (excluding diaryl/α,β-unsaturated/α-hetero) is 1. The summed E-state index contributed by atoms with van der Waals surface area (Å²) < 4.78 is 0. The number of nitrogens with one attached hydrogen (secondary N) is 1. The van der Waals surface area contributed by atoms with Crippen LogP contribution >= 0.6 is 0 Å². The Morgan fingerprint density at radius 2 is 1.60 bits per heavy atom. The van der Waals surface area contributed by atoms with Crippen LogP contribution in [0, 0.1) is 0 Å². The number of aliphatic carboxylic acids is 2. The Kier molecular flexibility index (Phi) is 4.39. The van der Waals surface area contributed by atoms with E-state index in [2.05, 4.69) is 0 Å². The molecule has 0 radical (unpaired) electrons. The van der Waals surface area contributed by atoms with Crippen LogP contribution in [0.3, 0.4) is 0 Å². The molecule has 0 fully saturated rings. The van der Waals surface area contributed by atoms with Crippen molar-refractivity contribution < 1.29 is 34.5 Å². The maximum Gasteiger partial charge on any atom is 0.374 e. The third-order valence-electron chi connectivity index (χ3n) is 1.42. The molecule has 0 aliphatic carbocycles. The van der Waals surface area contributed by atoms with Crippen LogP contribution in [0.2, 0.25) is 0 Å². The van der Waals surface area contributed by atoms with E-state index in [1.807, 2.05) is 0 Å². The van der Waals surface area contributed by atoms with Crippen molar-refractivity contribution in [1.82, 2.24) is 5.32 Å². The third kappa shape index (κ3) is 3.73. The van der Waals surface area contributed by atoms with E-state index in [0.29, 0.717) is 0 Å². The molecule has 0 bridgehead atoms. The van der Waals surface area contributed by atoms with Crippen LogP contribution in [0.5, 0.6) is 0 Å². The number of ketones is 1. The summed E-state index contributed by atoms with van der Waals surface area (Å²) in [4.78, 5) is 42.0. The first-order chi connectivity index (χ1) is 6.77. The van der Waals surface area contributed by atoms with Gasteiger partial charge in [-0.1, -0.05) is 0 Å². The van der Waals surface area contributed by atoms with Gasteiger partial charge in [0, 0.05) is 6.92 Å². The lowest BCUT2D eigenvalue weighted by molar-refractivity contribution is -0.157. The fourth-order valence-electron chi connectivity index (χ4n) is 0.782.